The summed E-state index contributed by atoms with van der Waals surface area (Å²) in [4.78, 5) is 139. The molecule has 564 valence electrons. The van der Waals surface area contributed by atoms with Crippen molar-refractivity contribution in [2.24, 2.45) is 52.9 Å². The maximum atomic E-state index is 13.3. The lowest BCUT2D eigenvalue weighted by molar-refractivity contribution is -0.204. The van der Waals surface area contributed by atoms with Gasteiger partial charge in [-0.05, 0) is 45.4 Å². The van der Waals surface area contributed by atoms with Crippen molar-refractivity contribution in [2.45, 2.75) is 235 Å². The van der Waals surface area contributed by atoms with Gasteiger partial charge in [-0.2, -0.15) is 0 Å². The number of Topliss-reactive ketones (excluding diaryl/α,β-unsaturated/α-hetero) is 5. The number of aliphatic hydroxyl groups excluding tert-OH is 3. The largest absolute Gasteiger partial charge is 0.481 e. The van der Waals surface area contributed by atoms with Gasteiger partial charge in [0.2, 0.25) is 17.7 Å². The molecule has 0 saturated carbocycles. The molecular weight excluding hydrogens is 1330 g/mol. The first-order valence-electron chi connectivity index (χ1n) is 32.9. The molecule has 1 fully saturated rings. The molecule has 14 N–H and O–H groups in total. The van der Waals surface area contributed by atoms with Gasteiger partial charge in [0.05, 0.1) is 55.0 Å². The first kappa shape index (κ1) is 96.2. The highest BCUT2D eigenvalue weighted by Crippen LogP contribution is 2.48. The second kappa shape index (κ2) is 48.0. The van der Waals surface area contributed by atoms with Gasteiger partial charge in [0.15, 0.2) is 17.3 Å². The predicted octanol–water partition coefficient (Wildman–Crippen LogP) is 4.26. The van der Waals surface area contributed by atoms with Gasteiger partial charge in [-0.1, -0.05) is 144 Å². The molecule has 3 amide bonds. The van der Waals surface area contributed by atoms with Crippen LogP contribution in [-0.4, -0.2) is 193 Å². The molecule has 1 aliphatic heterocycles. The van der Waals surface area contributed by atoms with E-state index in [2.05, 4.69) is 16.0 Å². The van der Waals surface area contributed by atoms with Crippen LogP contribution in [0.15, 0.2) is 60.7 Å². The topological polar surface area (TPSA) is 495 Å². The van der Waals surface area contributed by atoms with Crippen LogP contribution in [0.25, 0.3) is 0 Å². The summed E-state index contributed by atoms with van der Waals surface area (Å²) in [6.07, 6.45) is -5.02. The number of sulfone groups is 1. The minimum atomic E-state index is -2.74. The van der Waals surface area contributed by atoms with Crippen LogP contribution in [-0.2, 0) is 76.7 Å². The van der Waals surface area contributed by atoms with Crippen molar-refractivity contribution in [3.63, 3.8) is 0 Å². The molecule has 28 nitrogen and oxygen atoms in total. The first-order valence-corrected chi connectivity index (χ1v) is 36.6. The molecule has 0 spiro atoms. The molecule has 0 aromatic heterocycles. The van der Waals surface area contributed by atoms with Crippen LogP contribution in [0.4, 0.5) is 0 Å². The first-order chi connectivity index (χ1) is 45.4. The van der Waals surface area contributed by atoms with Gasteiger partial charge in [-0.25, -0.2) is 8.42 Å². The summed E-state index contributed by atoms with van der Waals surface area (Å²) in [6, 6.07) is 15.1. The number of amides is 3. The number of aliphatic hydroxyl groups is 3. The maximum absolute atomic E-state index is 13.3. The van der Waals surface area contributed by atoms with Crippen molar-refractivity contribution >= 4 is 98.1 Å². The van der Waals surface area contributed by atoms with E-state index in [1.54, 1.807) is 62.3 Å². The van der Waals surface area contributed by atoms with Crippen LogP contribution in [0.2, 0.25) is 0 Å². The van der Waals surface area contributed by atoms with E-state index in [-0.39, 0.29) is 78.0 Å². The summed E-state index contributed by atoms with van der Waals surface area (Å²) in [5.74, 6) is -11.7. The predicted molar refractivity (Wildman–Crippen MR) is 375 cm³/mol. The lowest BCUT2D eigenvalue weighted by Crippen LogP contribution is -2.65. The summed E-state index contributed by atoms with van der Waals surface area (Å²) in [5, 5.41) is 73.4. The molecule has 0 radical (unpaired) electrons. The van der Waals surface area contributed by atoms with Gasteiger partial charge < -0.3 is 72.5 Å². The maximum Gasteiger partial charge on any atom is 0.320 e. The van der Waals surface area contributed by atoms with Crippen molar-refractivity contribution in [1.29, 1.82) is 0 Å². The van der Waals surface area contributed by atoms with E-state index in [4.69, 9.17) is 41.7 Å². The molecule has 99 heavy (non-hydrogen) atoms. The Morgan fingerprint density at radius 1 is 0.566 bits per heavy atom. The van der Waals surface area contributed by atoms with Crippen molar-refractivity contribution in [1.82, 2.24) is 16.0 Å². The molecule has 0 aliphatic carbocycles. The standard InChI is InChI=1S/C25H38N2O11.C15H17OP.C11H21NO5.C8H15NO3.C6H13NO.C4H10O2S/c1-12(2)23(19(30)9-16(10-21(33)34)24(37)13(3)4)27-25(38)15(6-7-20(31)32)8-18(29)17(11-22(35)36)26-14(5)28;1-13(2)17(16,14-9-5-3-6-10-14)15-11-7-4-8-12-15;1-5(2)11-8(12-6(3)14)10(16)9(15)7(4-13)17-11;1-5(2)7(10)4-3-6(9)8(11)12;1-4(2)6(8)5(3)7;1-4(2)7(3,5)6/h12-13,15-17,23H,6-11H2,1-5H3,(H,26,28)(H,27,38)(H,31,32)(H,33,34)(H,35,36);3-13H,1-2H3;5,7-11,13,15-16H,4H2,1-3H3,(H,12,14);5-6H,3-4,9H2,1-2H3,(H,11,12);4-5H,7H2,1-3H3;4H,1-3H3/t;;7?,8?,9-,10-,11+;;;/m..1.../s1. The summed E-state index contributed by atoms with van der Waals surface area (Å²) >= 11 is 0. The number of nitrogens with two attached hydrogens (primary N) is 2. The van der Waals surface area contributed by atoms with Crippen LogP contribution < -0.4 is 38.0 Å². The van der Waals surface area contributed by atoms with E-state index >= 15 is 0 Å². The number of carboxylic acids is 4. The molecule has 3 rings (SSSR count). The second-order valence-electron chi connectivity index (χ2n) is 26.4. The minimum Gasteiger partial charge on any atom is -0.481 e. The molecule has 0 bridgehead atoms. The number of carboxylic acid groups (broad SMARTS) is 4. The Labute approximate surface area is 583 Å². The third-order valence-electron chi connectivity index (χ3n) is 15.4. The Hall–Kier alpha value is -6.98. The van der Waals surface area contributed by atoms with E-state index < -0.39 is 174 Å². The van der Waals surface area contributed by atoms with E-state index in [0.717, 1.165) is 17.5 Å². The molecule has 1 aliphatic rings. The van der Waals surface area contributed by atoms with Gasteiger partial charge >= 0.3 is 23.9 Å². The van der Waals surface area contributed by atoms with Crippen LogP contribution >= 0.6 is 7.14 Å². The Bertz CT molecular complexity index is 2980. The van der Waals surface area contributed by atoms with Crippen LogP contribution in [0.3, 0.4) is 0 Å². The zero-order chi connectivity index (χ0) is 77.7. The van der Waals surface area contributed by atoms with Crippen LogP contribution in [0, 0.1) is 41.4 Å². The number of ether oxygens (including phenoxy) is 1. The fourth-order valence-electron chi connectivity index (χ4n) is 9.29. The van der Waals surface area contributed by atoms with Gasteiger partial charge in [-0.15, -0.1) is 0 Å². The molecule has 8 unspecified atom stereocenters. The third kappa shape index (κ3) is 38.4. The Morgan fingerprint density at radius 2 is 1.02 bits per heavy atom. The Kier molecular flexibility index (Phi) is 46.6. The second-order valence-corrected chi connectivity index (χ2v) is 32.4. The monoisotopic (exact) mass is 1440 g/mol. The number of aliphatic carboxylic acids is 4. The summed E-state index contributed by atoms with van der Waals surface area (Å²) in [7, 11) is -5.24. The van der Waals surface area contributed by atoms with E-state index in [1.807, 2.05) is 102 Å². The number of ketones is 5. The number of carbonyl (C=O) groups excluding carboxylic acids is 8. The van der Waals surface area contributed by atoms with Crippen molar-refractivity contribution in [3.8, 4) is 0 Å². The Morgan fingerprint density at radius 3 is 1.34 bits per heavy atom. The third-order valence-corrected chi connectivity index (χ3v) is 20.7. The van der Waals surface area contributed by atoms with Gasteiger partial charge in [-0.3, -0.25) is 57.5 Å². The SMILES string of the molecule is CC(=O)NC(CC(=O)O)C(=O)CC(CCC(=O)O)C(=O)NC(C(=O)CC(CC(=O)O)C(=O)C(C)C)C(C)C.CC(=O)NC1[C@H](C(C)C)OC(CO)[C@@H](O)[C@@H]1O.CC(C)C(=O)C(C)N.CC(C)C(=O)CCC(N)C(=O)O.CC(C)P(=O)(c1ccccc1)c1ccccc1.CC(C)S(C)(=O)=O. The molecule has 2 aromatic carbocycles. The highest BCUT2D eigenvalue weighted by Gasteiger charge is 2.46. The molecule has 11 atom stereocenters. The average molecular weight is 1440 g/mol. The zero-order valence-electron chi connectivity index (χ0n) is 60.7. The van der Waals surface area contributed by atoms with Gasteiger partial charge in [0.1, 0.15) is 52.9 Å². The molecule has 2 aromatic rings. The lowest BCUT2D eigenvalue weighted by atomic mass is 9.84. The molecule has 30 heteroatoms. The smallest absolute Gasteiger partial charge is 0.320 e. The van der Waals surface area contributed by atoms with Crippen LogP contribution in [0.1, 0.15) is 169 Å². The number of hydrogen-bond donors (Lipinski definition) is 12. The lowest BCUT2D eigenvalue weighted by Gasteiger charge is -2.44. The van der Waals surface area contributed by atoms with Crippen molar-refractivity contribution in [2.75, 3.05) is 12.9 Å². The summed E-state index contributed by atoms with van der Waals surface area (Å²) < 4.78 is 39.5. The normalized spacial score (nSPS) is 17.6. The van der Waals surface area contributed by atoms with E-state index in [1.165, 1.54) is 13.2 Å². The number of rotatable bonds is 33. The number of hydrogen-bond acceptors (Lipinski definition) is 21. The zero-order valence-corrected chi connectivity index (χ0v) is 62.4. The van der Waals surface area contributed by atoms with Crippen molar-refractivity contribution < 1.29 is 111 Å². The summed E-state index contributed by atoms with van der Waals surface area (Å²) in [5.41, 5.74) is 10.6. The summed E-state index contributed by atoms with van der Waals surface area (Å²) in [6.45, 7) is 28.6. The highest BCUT2D eigenvalue weighted by atomic mass is 32.2. The fourth-order valence-corrected chi connectivity index (χ4v) is 12.0. The minimum absolute atomic E-state index is 0.0361. The highest BCUT2D eigenvalue weighted by molar-refractivity contribution is 7.91. The quantitative estimate of drug-likeness (QED) is 0.0444. The van der Waals surface area contributed by atoms with E-state index in [0.29, 0.717) is 0 Å². The Balaban J connectivity index is -0.00000125. The van der Waals surface area contributed by atoms with Gasteiger partial charge in [0.25, 0.3) is 0 Å². The molecular formula is C69H114N5O23PS. The molecule has 1 heterocycles. The van der Waals surface area contributed by atoms with E-state index in [9.17, 15) is 80.7 Å². The van der Waals surface area contributed by atoms with Crippen molar-refractivity contribution in [3.05, 3.63) is 60.7 Å². The number of nitrogens with one attached hydrogen (secondary N) is 3. The fraction of sp³-hybridized carbons (Fsp3) is 0.652. The number of benzene rings is 2. The van der Waals surface area contributed by atoms with Gasteiger partial charge in [0, 0.05) is 91.6 Å². The average Bonchev–Trinajstić information content (AvgIpc) is 0.795. The van der Waals surface area contributed by atoms with Crippen LogP contribution in [0.5, 0.6) is 0 Å². The number of carbonyl (C=O) groups is 12. The molecule has 1 saturated heterocycles.